The number of furan rings is 1. The number of fused-ring (bicyclic) bond motifs is 5. The highest BCUT2D eigenvalue weighted by Gasteiger charge is 2.20. The van der Waals surface area contributed by atoms with Crippen molar-refractivity contribution in [2.24, 2.45) is 0 Å². The summed E-state index contributed by atoms with van der Waals surface area (Å²) in [7, 11) is 0. The number of rotatable bonds is 5. The predicted octanol–water partition coefficient (Wildman–Crippen LogP) is 14.2. The van der Waals surface area contributed by atoms with E-state index in [9.17, 15) is 0 Å². The lowest BCUT2D eigenvalue weighted by molar-refractivity contribution is 0.669. The summed E-state index contributed by atoms with van der Waals surface area (Å²) in [6, 6.07) is 27.6. The van der Waals surface area contributed by atoms with Crippen molar-refractivity contribution in [3.63, 3.8) is 0 Å². The van der Waals surface area contributed by atoms with Crippen LogP contribution in [0, 0.1) is 0 Å². The van der Waals surface area contributed by atoms with Crippen LogP contribution in [-0.2, 0) is 0 Å². The average molecular weight is 663 g/mol. The number of benzene rings is 9. The zero-order valence-corrected chi connectivity index (χ0v) is 26.8. The van der Waals surface area contributed by atoms with Crippen LogP contribution in [0.25, 0.3) is 99.1 Å². The molecule has 0 saturated carbocycles. The maximum atomic E-state index is 8.99. The zero-order chi connectivity index (χ0) is 45.9. The third-order valence-electron chi connectivity index (χ3n) is 9.32. The first-order chi connectivity index (χ1) is 31.1. The fourth-order valence-corrected chi connectivity index (χ4v) is 7.07. The van der Waals surface area contributed by atoms with Gasteiger partial charge in [0.1, 0.15) is 11.2 Å². The molecular weight excluding hydrogens is 617 g/mol. The third-order valence-corrected chi connectivity index (χ3v) is 9.32. The van der Waals surface area contributed by atoms with Gasteiger partial charge in [-0.05, 0) is 95.4 Å². The van der Waals surface area contributed by atoms with Crippen LogP contribution in [0.4, 0.5) is 0 Å². The molecule has 10 aromatic rings. The molecule has 0 aliphatic heterocycles. The summed E-state index contributed by atoms with van der Waals surface area (Å²) in [6.07, 6.45) is 0. The van der Waals surface area contributed by atoms with Gasteiger partial charge in [0, 0.05) is 10.8 Å². The van der Waals surface area contributed by atoms with E-state index in [0.29, 0.717) is 22.3 Å². The van der Waals surface area contributed by atoms with Crippen LogP contribution in [0.15, 0.2) is 198 Å². The maximum Gasteiger partial charge on any atom is 0.136 e. The molecule has 0 amide bonds. The van der Waals surface area contributed by atoms with E-state index in [2.05, 4.69) is 24.3 Å². The molecule has 10 rings (SSSR count). The molecule has 0 saturated heterocycles. The van der Waals surface area contributed by atoms with Crippen LogP contribution in [0.1, 0.15) is 19.2 Å². The second-order valence-electron chi connectivity index (χ2n) is 12.2. The van der Waals surface area contributed by atoms with Gasteiger partial charge in [0.25, 0.3) is 0 Å². The number of hydrogen-bond acceptors (Lipinski definition) is 1. The molecule has 0 fully saturated rings. The van der Waals surface area contributed by atoms with Gasteiger partial charge in [0.2, 0.25) is 0 Å². The van der Waals surface area contributed by atoms with Gasteiger partial charge in [-0.3, -0.25) is 0 Å². The standard InChI is InChI=1S/C50H32O/c1-3-12-33(13-4-1)35-22-24-36(25-23-35)37-26-28-38(29-27-37)48-40-16-7-9-18-42(40)49(43-19-10-8-17-41(43)48)45-20-11-21-46-50(45)44-31-30-39(32-47(44)51-46)34-14-5-2-6-15-34/h1-32H/i1D,2D,3D,4D,5D,6D,12D,13D,14D,15D,22D,23D,24D,25D. The Bertz CT molecular complexity index is 3560. The van der Waals surface area contributed by atoms with E-state index in [4.69, 9.17) is 23.6 Å². The first-order valence-electron chi connectivity index (χ1n) is 23.4. The summed E-state index contributed by atoms with van der Waals surface area (Å²) in [5, 5.41) is 5.41. The topological polar surface area (TPSA) is 13.1 Å². The Morgan fingerprint density at radius 3 is 1.43 bits per heavy atom. The monoisotopic (exact) mass is 662 g/mol. The Kier molecular flexibility index (Phi) is 4.32. The molecule has 0 atom stereocenters. The van der Waals surface area contributed by atoms with Gasteiger partial charge in [0.05, 0.1) is 19.2 Å². The summed E-state index contributed by atoms with van der Waals surface area (Å²) in [4.78, 5) is 0. The SMILES string of the molecule is [2H]c1c([2H])c([2H])c(-c2ccc3c(c2)oc2cccc(-c4c5ccccc5c(-c5ccc(-c6c([2H])c([2H])c(-c7c([2H])c([2H])c([2H])c([2H])c7[2H])c([2H])c6[2H])cc5)c5ccccc45)c23)c([2H])c1[2H]. The Morgan fingerprint density at radius 2 is 0.824 bits per heavy atom. The summed E-state index contributed by atoms with van der Waals surface area (Å²) in [5.41, 5.74) is 4.89. The van der Waals surface area contributed by atoms with E-state index in [1.54, 1.807) is 24.3 Å². The summed E-state index contributed by atoms with van der Waals surface area (Å²) >= 11 is 0. The lowest BCUT2D eigenvalue weighted by atomic mass is 9.84. The molecule has 0 N–H and O–H groups in total. The van der Waals surface area contributed by atoms with Gasteiger partial charge in [-0.15, -0.1) is 0 Å². The van der Waals surface area contributed by atoms with Gasteiger partial charge in [-0.2, -0.15) is 0 Å². The summed E-state index contributed by atoms with van der Waals surface area (Å²) in [5.74, 6) is 0. The molecule has 0 bridgehead atoms. The number of hydrogen-bond donors (Lipinski definition) is 0. The van der Waals surface area contributed by atoms with Crippen molar-refractivity contribution in [2.75, 3.05) is 0 Å². The van der Waals surface area contributed by atoms with Crippen molar-refractivity contribution in [1.82, 2.24) is 0 Å². The van der Waals surface area contributed by atoms with Crippen LogP contribution in [0.5, 0.6) is 0 Å². The van der Waals surface area contributed by atoms with E-state index >= 15 is 0 Å². The van der Waals surface area contributed by atoms with Crippen molar-refractivity contribution in [1.29, 1.82) is 0 Å². The highest BCUT2D eigenvalue weighted by molar-refractivity contribution is 6.25. The molecule has 1 aromatic heterocycles. The third kappa shape index (κ3) is 4.94. The zero-order valence-electron chi connectivity index (χ0n) is 40.8. The molecule has 1 heteroatoms. The molecule has 238 valence electrons. The van der Waals surface area contributed by atoms with Gasteiger partial charge >= 0.3 is 0 Å². The maximum absolute atomic E-state index is 8.99. The molecule has 1 heterocycles. The second-order valence-corrected chi connectivity index (χ2v) is 12.2. The average Bonchev–Trinajstić information content (AvgIpc) is 3.70. The van der Waals surface area contributed by atoms with E-state index in [-0.39, 0.29) is 28.8 Å². The van der Waals surface area contributed by atoms with Gasteiger partial charge in [0.15, 0.2) is 0 Å². The van der Waals surface area contributed by atoms with Crippen molar-refractivity contribution < 1.29 is 23.6 Å². The van der Waals surface area contributed by atoms with E-state index < -0.39 is 78.1 Å². The quantitative estimate of drug-likeness (QED) is 0.167. The van der Waals surface area contributed by atoms with E-state index in [1.165, 1.54) is 0 Å². The van der Waals surface area contributed by atoms with Gasteiger partial charge in [-0.25, -0.2) is 0 Å². The Hall–Kier alpha value is -6.70. The van der Waals surface area contributed by atoms with Crippen LogP contribution < -0.4 is 0 Å². The minimum absolute atomic E-state index is 0.00796. The van der Waals surface area contributed by atoms with Gasteiger partial charge in [-0.1, -0.05) is 176 Å². The summed E-state index contributed by atoms with van der Waals surface area (Å²) in [6.45, 7) is 0. The normalized spacial score (nSPS) is 15.4. The molecular formula is C50H32O. The highest BCUT2D eigenvalue weighted by Crippen LogP contribution is 2.47. The molecule has 0 aliphatic carbocycles. The minimum Gasteiger partial charge on any atom is -0.456 e. The first-order valence-corrected chi connectivity index (χ1v) is 16.4. The van der Waals surface area contributed by atoms with Crippen molar-refractivity contribution in [3.05, 3.63) is 194 Å². The lowest BCUT2D eigenvalue weighted by Gasteiger charge is -2.18. The molecule has 0 aliphatic rings. The molecule has 0 radical (unpaired) electrons. The lowest BCUT2D eigenvalue weighted by Crippen LogP contribution is -1.91. The fraction of sp³-hybridized carbons (Fsp3) is 0. The first kappa shape index (κ1) is 18.3. The minimum atomic E-state index is -0.635. The van der Waals surface area contributed by atoms with Crippen LogP contribution >= 0.6 is 0 Å². The molecule has 51 heavy (non-hydrogen) atoms. The van der Waals surface area contributed by atoms with Crippen LogP contribution in [-0.4, -0.2) is 0 Å². The van der Waals surface area contributed by atoms with Gasteiger partial charge < -0.3 is 4.42 Å². The molecule has 0 unspecified atom stereocenters. The Morgan fingerprint density at radius 1 is 0.333 bits per heavy atom. The predicted molar refractivity (Wildman–Crippen MR) is 216 cm³/mol. The smallest absolute Gasteiger partial charge is 0.136 e. The van der Waals surface area contributed by atoms with E-state index in [0.717, 1.165) is 54.6 Å². The second kappa shape index (κ2) is 12.0. The molecule has 1 nitrogen and oxygen atoms in total. The summed E-state index contributed by atoms with van der Waals surface area (Å²) < 4.78 is 125. The molecule has 9 aromatic carbocycles. The molecule has 0 spiro atoms. The van der Waals surface area contributed by atoms with Crippen LogP contribution in [0.3, 0.4) is 0 Å². The highest BCUT2D eigenvalue weighted by atomic mass is 16.3. The fourth-order valence-electron chi connectivity index (χ4n) is 7.07. The van der Waals surface area contributed by atoms with Crippen molar-refractivity contribution in [2.45, 2.75) is 0 Å². The van der Waals surface area contributed by atoms with E-state index in [1.807, 2.05) is 60.7 Å². The van der Waals surface area contributed by atoms with Crippen molar-refractivity contribution in [3.8, 4) is 55.6 Å². The largest absolute Gasteiger partial charge is 0.456 e. The van der Waals surface area contributed by atoms with Crippen molar-refractivity contribution >= 4 is 43.5 Å². The Labute approximate surface area is 316 Å². The van der Waals surface area contributed by atoms with Crippen LogP contribution in [0.2, 0.25) is 0 Å². The Balaban J connectivity index is 1.13.